The van der Waals surface area contributed by atoms with Gasteiger partial charge in [0.25, 0.3) is 0 Å². The van der Waals surface area contributed by atoms with Gasteiger partial charge in [-0.1, -0.05) is 13.0 Å². The van der Waals surface area contributed by atoms with Crippen LogP contribution in [0.5, 0.6) is 5.75 Å². The minimum Gasteiger partial charge on any atom is -0.488 e. The van der Waals surface area contributed by atoms with Crippen molar-refractivity contribution >= 4 is 5.97 Å². The van der Waals surface area contributed by atoms with Gasteiger partial charge >= 0.3 is 5.97 Å². The number of aliphatic carboxylic acids is 1. The number of carboxylic acids is 1. The van der Waals surface area contributed by atoms with Crippen molar-refractivity contribution < 1.29 is 19.0 Å². The summed E-state index contributed by atoms with van der Waals surface area (Å²) < 4.78 is 18.7. The molecule has 0 aliphatic heterocycles. The second-order valence-corrected chi connectivity index (χ2v) is 4.39. The lowest BCUT2D eigenvalue weighted by atomic mass is 10.0. The van der Waals surface area contributed by atoms with Gasteiger partial charge in [0.15, 0.2) is 11.6 Å². The zero-order valence-electron chi connectivity index (χ0n) is 10.8. The highest BCUT2D eigenvalue weighted by Crippen LogP contribution is 2.19. The number of ether oxygens (including phenoxy) is 1. The Hall–Kier alpha value is -1.62. The van der Waals surface area contributed by atoms with Crippen molar-refractivity contribution in [3.05, 3.63) is 29.6 Å². The molecule has 0 amide bonds. The standard InChI is InChI=1S/C13H18FNO3/c1-4-15-13(3,12(16)17)8-18-11-7-9(2)5-6-10(11)14/h5-7,15H,4,8H2,1-3H3,(H,16,17). The van der Waals surface area contributed by atoms with Crippen molar-refractivity contribution in [2.75, 3.05) is 13.2 Å². The molecule has 0 aliphatic rings. The van der Waals surface area contributed by atoms with E-state index in [0.717, 1.165) is 5.56 Å². The predicted octanol–water partition coefficient (Wildman–Crippen LogP) is 1.97. The SMILES string of the molecule is CCNC(C)(COc1cc(C)ccc1F)C(=O)O. The predicted molar refractivity (Wildman–Crippen MR) is 66.3 cm³/mol. The number of nitrogens with one attached hydrogen (secondary N) is 1. The first-order valence-corrected chi connectivity index (χ1v) is 5.76. The second-order valence-electron chi connectivity index (χ2n) is 4.39. The molecule has 0 heterocycles. The van der Waals surface area contributed by atoms with Crippen LogP contribution in [0.15, 0.2) is 18.2 Å². The maximum absolute atomic E-state index is 13.4. The second kappa shape index (κ2) is 5.82. The van der Waals surface area contributed by atoms with Crippen LogP contribution in [-0.4, -0.2) is 29.8 Å². The van der Waals surface area contributed by atoms with Crippen LogP contribution in [0.3, 0.4) is 0 Å². The summed E-state index contributed by atoms with van der Waals surface area (Å²) in [5.74, 6) is -1.46. The number of hydrogen-bond acceptors (Lipinski definition) is 3. The molecule has 0 aromatic heterocycles. The van der Waals surface area contributed by atoms with E-state index >= 15 is 0 Å². The molecule has 1 aromatic carbocycles. The summed E-state index contributed by atoms with van der Waals surface area (Å²) >= 11 is 0. The Balaban J connectivity index is 2.79. The Morgan fingerprint density at radius 2 is 2.22 bits per heavy atom. The average Bonchev–Trinajstić information content (AvgIpc) is 2.30. The van der Waals surface area contributed by atoms with Crippen LogP contribution < -0.4 is 10.1 Å². The van der Waals surface area contributed by atoms with Crippen LogP contribution in [0.2, 0.25) is 0 Å². The first-order chi connectivity index (χ1) is 8.39. The van der Waals surface area contributed by atoms with Gasteiger partial charge in [-0.3, -0.25) is 10.1 Å². The monoisotopic (exact) mass is 255 g/mol. The molecule has 0 fully saturated rings. The normalized spacial score (nSPS) is 14.0. The minimum absolute atomic E-state index is 0.0698. The lowest BCUT2D eigenvalue weighted by Gasteiger charge is -2.25. The highest BCUT2D eigenvalue weighted by Gasteiger charge is 2.33. The van der Waals surface area contributed by atoms with Crippen LogP contribution >= 0.6 is 0 Å². The number of hydrogen-bond donors (Lipinski definition) is 2. The van der Waals surface area contributed by atoms with Crippen molar-refractivity contribution in [1.29, 1.82) is 0 Å². The van der Waals surface area contributed by atoms with Crippen molar-refractivity contribution in [2.45, 2.75) is 26.3 Å². The van der Waals surface area contributed by atoms with Gasteiger partial charge in [0.1, 0.15) is 12.1 Å². The summed E-state index contributed by atoms with van der Waals surface area (Å²) in [6.07, 6.45) is 0. The molecule has 0 bridgehead atoms. The van der Waals surface area contributed by atoms with E-state index in [0.29, 0.717) is 6.54 Å². The Labute approximate surface area is 106 Å². The molecule has 0 saturated heterocycles. The summed E-state index contributed by atoms with van der Waals surface area (Å²) in [5.41, 5.74) is -0.378. The highest BCUT2D eigenvalue weighted by atomic mass is 19.1. The van der Waals surface area contributed by atoms with Crippen molar-refractivity contribution in [3.63, 3.8) is 0 Å². The Bertz CT molecular complexity index is 436. The van der Waals surface area contributed by atoms with E-state index in [9.17, 15) is 9.18 Å². The molecule has 0 radical (unpaired) electrons. The smallest absolute Gasteiger partial charge is 0.327 e. The molecule has 1 aromatic rings. The number of likely N-dealkylation sites (N-methyl/N-ethyl adjacent to an activating group) is 1. The highest BCUT2D eigenvalue weighted by molar-refractivity contribution is 5.78. The zero-order chi connectivity index (χ0) is 13.8. The number of rotatable bonds is 6. The van der Waals surface area contributed by atoms with E-state index in [1.165, 1.54) is 13.0 Å². The lowest BCUT2D eigenvalue weighted by molar-refractivity contribution is -0.145. The van der Waals surface area contributed by atoms with Crippen LogP contribution in [0.25, 0.3) is 0 Å². The first kappa shape index (κ1) is 14.4. The van der Waals surface area contributed by atoms with Gasteiger partial charge in [0.2, 0.25) is 0 Å². The topological polar surface area (TPSA) is 58.6 Å². The van der Waals surface area contributed by atoms with Crippen LogP contribution in [-0.2, 0) is 4.79 Å². The summed E-state index contributed by atoms with van der Waals surface area (Å²) in [4.78, 5) is 11.1. The van der Waals surface area contributed by atoms with Gasteiger partial charge in [-0.05, 0) is 38.1 Å². The minimum atomic E-state index is -1.23. The number of halogens is 1. The van der Waals surface area contributed by atoms with Crippen molar-refractivity contribution in [3.8, 4) is 5.75 Å². The molecular formula is C13H18FNO3. The van der Waals surface area contributed by atoms with Crippen molar-refractivity contribution in [2.24, 2.45) is 0 Å². The summed E-state index contributed by atoms with van der Waals surface area (Å²) in [6, 6.07) is 4.47. The fraction of sp³-hybridized carbons (Fsp3) is 0.462. The van der Waals surface area contributed by atoms with Gasteiger partial charge in [-0.15, -0.1) is 0 Å². The largest absolute Gasteiger partial charge is 0.488 e. The van der Waals surface area contributed by atoms with Crippen LogP contribution in [0, 0.1) is 12.7 Å². The summed E-state index contributed by atoms with van der Waals surface area (Å²) in [7, 11) is 0. The van der Waals surface area contributed by atoms with Gasteiger partial charge in [-0.25, -0.2) is 4.39 Å². The molecule has 18 heavy (non-hydrogen) atoms. The van der Waals surface area contributed by atoms with E-state index in [4.69, 9.17) is 9.84 Å². The Morgan fingerprint density at radius 1 is 1.56 bits per heavy atom. The van der Waals surface area contributed by atoms with E-state index in [1.807, 2.05) is 6.92 Å². The molecule has 1 rings (SSSR count). The first-order valence-electron chi connectivity index (χ1n) is 5.76. The number of carbonyl (C=O) groups is 1. The quantitative estimate of drug-likeness (QED) is 0.816. The van der Waals surface area contributed by atoms with Crippen LogP contribution in [0.4, 0.5) is 4.39 Å². The third kappa shape index (κ3) is 3.43. The third-order valence-electron chi connectivity index (χ3n) is 2.64. The van der Waals surface area contributed by atoms with Crippen molar-refractivity contribution in [1.82, 2.24) is 5.32 Å². The molecule has 0 saturated carbocycles. The van der Waals surface area contributed by atoms with Gasteiger partial charge in [0.05, 0.1) is 0 Å². The Kier molecular flexibility index (Phi) is 4.67. The zero-order valence-corrected chi connectivity index (χ0v) is 10.8. The maximum atomic E-state index is 13.4. The summed E-state index contributed by atoms with van der Waals surface area (Å²) in [6.45, 7) is 5.47. The maximum Gasteiger partial charge on any atom is 0.327 e. The summed E-state index contributed by atoms with van der Waals surface area (Å²) in [5, 5.41) is 11.9. The van der Waals surface area contributed by atoms with E-state index in [1.54, 1.807) is 19.1 Å². The molecule has 1 unspecified atom stereocenters. The molecule has 100 valence electrons. The van der Waals surface area contributed by atoms with E-state index < -0.39 is 17.3 Å². The Morgan fingerprint density at radius 3 is 2.78 bits per heavy atom. The van der Waals surface area contributed by atoms with E-state index in [2.05, 4.69) is 5.32 Å². The number of carboxylic acid groups (broad SMARTS) is 1. The molecular weight excluding hydrogens is 237 g/mol. The van der Waals surface area contributed by atoms with Crippen LogP contribution in [0.1, 0.15) is 19.4 Å². The molecule has 4 nitrogen and oxygen atoms in total. The lowest BCUT2D eigenvalue weighted by Crippen LogP contribution is -2.53. The number of aryl methyl sites for hydroxylation is 1. The van der Waals surface area contributed by atoms with Gasteiger partial charge in [-0.2, -0.15) is 0 Å². The molecule has 0 spiro atoms. The average molecular weight is 255 g/mol. The fourth-order valence-corrected chi connectivity index (χ4v) is 1.52. The van der Waals surface area contributed by atoms with Gasteiger partial charge < -0.3 is 9.84 Å². The molecule has 0 aliphatic carbocycles. The fourth-order valence-electron chi connectivity index (χ4n) is 1.52. The molecule has 5 heteroatoms. The molecule has 2 N–H and O–H groups in total. The molecule has 1 atom stereocenters. The van der Waals surface area contributed by atoms with E-state index in [-0.39, 0.29) is 12.4 Å². The number of benzene rings is 1. The van der Waals surface area contributed by atoms with Gasteiger partial charge in [0, 0.05) is 0 Å². The third-order valence-corrected chi connectivity index (χ3v) is 2.64.